The van der Waals surface area contributed by atoms with E-state index in [-0.39, 0.29) is 23.9 Å². The lowest BCUT2D eigenvalue weighted by atomic mass is 9.92. The highest BCUT2D eigenvalue weighted by molar-refractivity contribution is 5.94. The number of nitrogens with zero attached hydrogens (tertiary/aromatic N) is 3. The van der Waals surface area contributed by atoms with Gasteiger partial charge in [0.25, 0.3) is 0 Å². The summed E-state index contributed by atoms with van der Waals surface area (Å²) in [4.78, 5) is 27.5. The minimum absolute atomic E-state index is 0.0718. The van der Waals surface area contributed by atoms with Crippen molar-refractivity contribution < 1.29 is 9.59 Å². The number of carbonyl (C=O) groups is 2. The molecule has 2 aromatic carbocycles. The first-order chi connectivity index (χ1) is 16.3. The maximum atomic E-state index is 13.1. The van der Waals surface area contributed by atoms with Gasteiger partial charge in [0.15, 0.2) is 0 Å². The zero-order valence-corrected chi connectivity index (χ0v) is 20.5. The Balaban J connectivity index is 1.80. The number of carbonyl (C=O) groups excluding carboxylic acids is 2. The predicted octanol–water partition coefficient (Wildman–Crippen LogP) is 5.12. The van der Waals surface area contributed by atoms with Gasteiger partial charge in [-0.15, -0.1) is 0 Å². The number of amides is 3. The lowest BCUT2D eigenvalue weighted by Gasteiger charge is -2.23. The van der Waals surface area contributed by atoms with Crippen LogP contribution in [0.4, 0.5) is 10.6 Å². The topological polar surface area (TPSA) is 79.3 Å². The Kier molecular flexibility index (Phi) is 8.46. The lowest BCUT2D eigenvalue weighted by molar-refractivity contribution is -0.116. The van der Waals surface area contributed by atoms with Gasteiger partial charge in [-0.25, -0.2) is 9.48 Å². The molecule has 0 aliphatic heterocycles. The Morgan fingerprint density at radius 3 is 2.26 bits per heavy atom. The van der Waals surface area contributed by atoms with Gasteiger partial charge in [0.1, 0.15) is 12.4 Å². The second-order valence-corrected chi connectivity index (χ2v) is 9.39. The Bertz CT molecular complexity index is 1070. The number of unbranched alkanes of at least 4 members (excludes halogenated alkanes) is 1. The van der Waals surface area contributed by atoms with Gasteiger partial charge in [-0.2, -0.15) is 5.10 Å². The average Bonchev–Trinajstić information content (AvgIpc) is 3.24. The minimum Gasteiger partial charge on any atom is -0.338 e. The molecule has 0 fully saturated rings. The van der Waals surface area contributed by atoms with E-state index in [1.165, 1.54) is 4.90 Å². The van der Waals surface area contributed by atoms with Crippen LogP contribution >= 0.6 is 0 Å². The maximum Gasteiger partial charge on any atom is 0.318 e. The minimum atomic E-state index is -0.279. The third kappa shape index (κ3) is 6.94. The molecule has 0 unspecified atom stereocenters. The second-order valence-electron chi connectivity index (χ2n) is 9.39. The van der Waals surface area contributed by atoms with Crippen LogP contribution in [0.25, 0.3) is 5.69 Å². The highest BCUT2D eigenvalue weighted by atomic mass is 16.2. The molecule has 0 atom stereocenters. The molecule has 0 aliphatic carbocycles. The summed E-state index contributed by atoms with van der Waals surface area (Å²) in [7, 11) is 0. The molecule has 0 aliphatic rings. The summed E-state index contributed by atoms with van der Waals surface area (Å²) in [5.41, 5.74) is 2.50. The Morgan fingerprint density at radius 1 is 1.00 bits per heavy atom. The number of urea groups is 1. The number of hydrogen-bond donors (Lipinski definition) is 2. The molecule has 1 aromatic heterocycles. The van der Waals surface area contributed by atoms with Gasteiger partial charge in [0.05, 0.1) is 11.4 Å². The van der Waals surface area contributed by atoms with Crippen LogP contribution in [0.3, 0.4) is 0 Å². The monoisotopic (exact) mass is 461 g/mol. The summed E-state index contributed by atoms with van der Waals surface area (Å²) in [5, 5.41) is 10.6. The number of aromatic nitrogens is 2. The standard InChI is InChI=1S/C27H35N5O2/c1-5-6-17-28-26(34)31(19-21-13-9-7-10-14-21)20-25(33)29-24-18-23(27(2,3)4)30-32(24)22-15-11-8-12-16-22/h7-16,18H,5-6,17,19-20H2,1-4H3,(H,28,34)(H,29,33). The van der Waals surface area contributed by atoms with Crippen molar-refractivity contribution in [2.24, 2.45) is 0 Å². The van der Waals surface area contributed by atoms with E-state index in [2.05, 4.69) is 38.3 Å². The van der Waals surface area contributed by atoms with Gasteiger partial charge in [-0.3, -0.25) is 4.79 Å². The van der Waals surface area contributed by atoms with E-state index >= 15 is 0 Å². The van der Waals surface area contributed by atoms with Gasteiger partial charge in [-0.05, 0) is 24.1 Å². The molecule has 7 heteroatoms. The molecule has 3 rings (SSSR count). The maximum absolute atomic E-state index is 13.1. The summed E-state index contributed by atoms with van der Waals surface area (Å²) >= 11 is 0. The molecular formula is C27H35N5O2. The Morgan fingerprint density at radius 2 is 1.65 bits per heavy atom. The zero-order valence-electron chi connectivity index (χ0n) is 20.5. The first-order valence-electron chi connectivity index (χ1n) is 11.8. The van der Waals surface area contributed by atoms with E-state index < -0.39 is 0 Å². The molecule has 1 heterocycles. The van der Waals surface area contributed by atoms with Gasteiger partial charge in [0, 0.05) is 24.6 Å². The van der Waals surface area contributed by atoms with Crippen molar-refractivity contribution in [1.82, 2.24) is 20.0 Å². The van der Waals surface area contributed by atoms with Gasteiger partial charge in [-0.1, -0.05) is 82.6 Å². The number of rotatable bonds is 9. The fourth-order valence-corrected chi connectivity index (χ4v) is 3.45. The van der Waals surface area contributed by atoms with Crippen molar-refractivity contribution in [2.75, 3.05) is 18.4 Å². The van der Waals surface area contributed by atoms with E-state index in [9.17, 15) is 9.59 Å². The molecule has 3 amide bonds. The highest BCUT2D eigenvalue weighted by Gasteiger charge is 2.23. The van der Waals surface area contributed by atoms with Crippen molar-refractivity contribution in [3.8, 4) is 5.69 Å². The highest BCUT2D eigenvalue weighted by Crippen LogP contribution is 2.26. The molecule has 180 valence electrons. The van der Waals surface area contributed by atoms with Gasteiger partial charge < -0.3 is 15.5 Å². The van der Waals surface area contributed by atoms with Crippen molar-refractivity contribution in [2.45, 2.75) is 52.5 Å². The van der Waals surface area contributed by atoms with Crippen LogP contribution in [0.2, 0.25) is 0 Å². The van der Waals surface area contributed by atoms with E-state index in [4.69, 9.17) is 5.10 Å². The van der Waals surface area contributed by atoms with Crippen LogP contribution in [0.15, 0.2) is 66.7 Å². The molecule has 7 nitrogen and oxygen atoms in total. The van der Waals surface area contributed by atoms with Crippen molar-refractivity contribution >= 4 is 17.8 Å². The van der Waals surface area contributed by atoms with E-state index in [0.717, 1.165) is 29.8 Å². The molecule has 34 heavy (non-hydrogen) atoms. The zero-order chi connectivity index (χ0) is 24.6. The molecule has 3 aromatic rings. The van der Waals surface area contributed by atoms with Crippen LogP contribution < -0.4 is 10.6 Å². The van der Waals surface area contributed by atoms with Gasteiger partial charge >= 0.3 is 6.03 Å². The average molecular weight is 462 g/mol. The summed E-state index contributed by atoms with van der Waals surface area (Å²) < 4.78 is 1.74. The summed E-state index contributed by atoms with van der Waals surface area (Å²) in [5.74, 6) is 0.297. The number of benzene rings is 2. The predicted molar refractivity (Wildman–Crippen MR) is 136 cm³/mol. The quantitative estimate of drug-likeness (QED) is 0.434. The van der Waals surface area contributed by atoms with Crippen molar-refractivity contribution in [3.63, 3.8) is 0 Å². The van der Waals surface area contributed by atoms with Crippen LogP contribution in [-0.4, -0.2) is 39.7 Å². The normalized spacial score (nSPS) is 11.2. The molecule has 0 radical (unpaired) electrons. The molecule has 0 saturated heterocycles. The first-order valence-corrected chi connectivity index (χ1v) is 11.8. The van der Waals surface area contributed by atoms with Crippen molar-refractivity contribution in [1.29, 1.82) is 0 Å². The summed E-state index contributed by atoms with van der Waals surface area (Å²) in [6.45, 7) is 9.17. The van der Waals surface area contributed by atoms with E-state index in [0.29, 0.717) is 18.9 Å². The Labute approximate surface area is 202 Å². The third-order valence-electron chi connectivity index (χ3n) is 5.39. The fourth-order valence-electron chi connectivity index (χ4n) is 3.45. The SMILES string of the molecule is CCCCNC(=O)N(CC(=O)Nc1cc(C(C)(C)C)nn1-c1ccccc1)Cc1ccccc1. The number of nitrogens with one attached hydrogen (secondary N) is 2. The number of hydrogen-bond acceptors (Lipinski definition) is 3. The van der Waals surface area contributed by atoms with Crippen LogP contribution in [0.5, 0.6) is 0 Å². The second kappa shape index (κ2) is 11.5. The summed E-state index contributed by atoms with van der Waals surface area (Å²) in [6, 6.07) is 21.0. The molecule has 0 bridgehead atoms. The van der Waals surface area contributed by atoms with E-state index in [1.54, 1.807) is 4.68 Å². The summed E-state index contributed by atoms with van der Waals surface area (Å²) in [6.07, 6.45) is 1.88. The van der Waals surface area contributed by atoms with Crippen molar-refractivity contribution in [3.05, 3.63) is 78.0 Å². The van der Waals surface area contributed by atoms with Gasteiger partial charge in [0.2, 0.25) is 5.91 Å². The first kappa shape index (κ1) is 25.0. The fraction of sp³-hybridized carbons (Fsp3) is 0.370. The van der Waals surface area contributed by atoms with Crippen LogP contribution in [0.1, 0.15) is 51.8 Å². The van der Waals surface area contributed by atoms with Crippen LogP contribution in [0, 0.1) is 0 Å². The molecule has 0 spiro atoms. The van der Waals surface area contributed by atoms with Crippen LogP contribution in [-0.2, 0) is 16.8 Å². The number of para-hydroxylation sites is 1. The van der Waals surface area contributed by atoms with E-state index in [1.807, 2.05) is 66.7 Å². The lowest BCUT2D eigenvalue weighted by Crippen LogP contribution is -2.44. The molecule has 0 saturated carbocycles. The largest absolute Gasteiger partial charge is 0.338 e. The molecule has 2 N–H and O–H groups in total. The molecular weight excluding hydrogens is 426 g/mol. The number of anilines is 1. The third-order valence-corrected chi connectivity index (χ3v) is 5.39. The smallest absolute Gasteiger partial charge is 0.318 e. The Hall–Kier alpha value is -3.61.